The van der Waals surface area contributed by atoms with Gasteiger partial charge in [0, 0.05) is 12.1 Å². The fraction of sp³-hybridized carbons (Fsp3) is 0. The van der Waals surface area contributed by atoms with Crippen LogP contribution in [0.5, 0.6) is 0 Å². The maximum absolute atomic E-state index is 11.4. The molecule has 0 aromatic heterocycles. The molecule has 0 atom stereocenters. The van der Waals surface area contributed by atoms with E-state index in [1.165, 1.54) is 12.1 Å². The van der Waals surface area contributed by atoms with Crippen molar-refractivity contribution in [3.63, 3.8) is 0 Å². The number of non-ortho nitro benzene ring substituents is 1. The Morgan fingerprint density at radius 2 is 2.13 bits per heavy atom. The third-order valence-electron chi connectivity index (χ3n) is 1.87. The molecule has 0 unspecified atom stereocenters. The second-order valence-corrected chi connectivity index (χ2v) is 4.39. The molecule has 0 spiro atoms. The molecule has 1 aromatic carbocycles. The van der Waals surface area contributed by atoms with Crippen LogP contribution in [0.25, 0.3) is 0 Å². The van der Waals surface area contributed by atoms with E-state index < -0.39 is 14.9 Å². The Morgan fingerprint density at radius 3 is 2.80 bits per heavy atom. The highest BCUT2D eigenvalue weighted by Crippen LogP contribution is 2.29. The summed E-state index contributed by atoms with van der Waals surface area (Å²) in [6.45, 7) is 0. The highest BCUT2D eigenvalue weighted by molar-refractivity contribution is 7.90. The number of rotatable bonds is 1. The van der Waals surface area contributed by atoms with E-state index in [0.717, 1.165) is 12.4 Å². The van der Waals surface area contributed by atoms with Crippen molar-refractivity contribution in [3.8, 4) is 0 Å². The molecule has 1 aliphatic rings. The maximum atomic E-state index is 11.4. The maximum Gasteiger partial charge on any atom is 0.286 e. The number of nitrogens with zero attached hydrogens (tertiary/aromatic N) is 2. The van der Waals surface area contributed by atoms with E-state index in [9.17, 15) is 18.5 Å². The van der Waals surface area contributed by atoms with E-state index in [-0.39, 0.29) is 16.3 Å². The summed E-state index contributed by atoms with van der Waals surface area (Å²) >= 11 is 0. The van der Waals surface area contributed by atoms with Crippen molar-refractivity contribution in [1.82, 2.24) is 0 Å². The number of hydrogen-bond donors (Lipinski definition) is 1. The molecule has 0 amide bonds. The lowest BCUT2D eigenvalue weighted by Gasteiger charge is -2.10. The summed E-state index contributed by atoms with van der Waals surface area (Å²) in [7, 11) is -3.80. The highest BCUT2D eigenvalue weighted by atomic mass is 32.2. The Kier molecular flexibility index (Phi) is 1.93. The van der Waals surface area contributed by atoms with Crippen molar-refractivity contribution >= 4 is 27.7 Å². The summed E-state index contributed by atoms with van der Waals surface area (Å²) in [5.74, 6) is 0. The van der Waals surface area contributed by atoms with Gasteiger partial charge in [-0.1, -0.05) is 0 Å². The van der Waals surface area contributed by atoms with Crippen LogP contribution < -0.4 is 5.32 Å². The zero-order valence-electron chi connectivity index (χ0n) is 7.25. The lowest BCUT2D eigenvalue weighted by Crippen LogP contribution is -2.11. The lowest BCUT2D eigenvalue weighted by atomic mass is 10.3. The van der Waals surface area contributed by atoms with Gasteiger partial charge in [0.05, 0.1) is 10.6 Å². The first-order chi connectivity index (χ1) is 7.00. The van der Waals surface area contributed by atoms with Crippen molar-refractivity contribution in [2.75, 3.05) is 5.32 Å². The number of nitro benzene ring substituents is 1. The molecule has 7 nitrogen and oxygen atoms in total. The molecule has 78 valence electrons. The molecule has 1 heterocycles. The van der Waals surface area contributed by atoms with Gasteiger partial charge in [-0.05, 0) is 6.07 Å². The Labute approximate surface area is 84.6 Å². The van der Waals surface area contributed by atoms with Crippen LogP contribution >= 0.6 is 0 Å². The summed E-state index contributed by atoms with van der Waals surface area (Å²) in [5.41, 5.74) is 0.00632. The van der Waals surface area contributed by atoms with E-state index in [1.807, 2.05) is 0 Å². The number of hydrogen-bond acceptors (Lipinski definition) is 5. The molecule has 0 aliphatic carbocycles. The summed E-state index contributed by atoms with van der Waals surface area (Å²) in [6.07, 6.45) is 1.03. The topological polar surface area (TPSA) is 102 Å². The van der Waals surface area contributed by atoms with Gasteiger partial charge < -0.3 is 5.32 Å². The van der Waals surface area contributed by atoms with Crippen molar-refractivity contribution < 1.29 is 13.3 Å². The molecule has 1 N–H and O–H groups in total. The molecule has 2 rings (SSSR count). The Bertz CT molecular complexity index is 564. The molecule has 0 saturated carbocycles. The molecule has 0 bridgehead atoms. The van der Waals surface area contributed by atoms with E-state index >= 15 is 0 Å². The highest BCUT2D eigenvalue weighted by Gasteiger charge is 2.23. The first-order valence-electron chi connectivity index (χ1n) is 3.84. The minimum atomic E-state index is -3.80. The summed E-state index contributed by atoms with van der Waals surface area (Å²) in [5, 5.41) is 13.0. The predicted octanol–water partition coefficient (Wildman–Crippen LogP) is 0.737. The molecule has 0 saturated heterocycles. The van der Waals surface area contributed by atoms with Crippen LogP contribution in [-0.2, 0) is 10.0 Å². The molecule has 0 radical (unpaired) electrons. The molecule has 0 fully saturated rings. The quantitative estimate of drug-likeness (QED) is 0.563. The van der Waals surface area contributed by atoms with Gasteiger partial charge in [-0.3, -0.25) is 10.1 Å². The van der Waals surface area contributed by atoms with Gasteiger partial charge in [0.2, 0.25) is 0 Å². The normalized spacial score (nSPS) is 16.5. The molecule has 1 aromatic rings. The monoisotopic (exact) mass is 227 g/mol. The second kappa shape index (κ2) is 3.02. The van der Waals surface area contributed by atoms with Crippen molar-refractivity contribution in [2.24, 2.45) is 4.40 Å². The van der Waals surface area contributed by atoms with Gasteiger partial charge in [-0.25, -0.2) is 0 Å². The standard InChI is InChI=1S/C7H5N3O4S/c11-10(12)5-1-2-6-7(3-5)15(13,14)9-4-8-6/h1-4H,(H,8,9). The molecule has 15 heavy (non-hydrogen) atoms. The number of anilines is 1. The average molecular weight is 227 g/mol. The minimum absolute atomic E-state index is 0.181. The van der Waals surface area contributed by atoms with Gasteiger partial charge in [0.15, 0.2) is 0 Å². The number of sulfonamides is 1. The third kappa shape index (κ3) is 1.54. The third-order valence-corrected chi connectivity index (χ3v) is 3.14. The van der Waals surface area contributed by atoms with Gasteiger partial charge >= 0.3 is 0 Å². The van der Waals surface area contributed by atoms with Gasteiger partial charge in [-0.2, -0.15) is 8.42 Å². The van der Waals surface area contributed by atoms with Gasteiger partial charge in [0.1, 0.15) is 11.2 Å². The number of fused-ring (bicyclic) bond motifs is 1. The molecule has 1 aliphatic heterocycles. The fourth-order valence-electron chi connectivity index (χ4n) is 1.18. The largest absolute Gasteiger partial charge is 0.345 e. The Hall–Kier alpha value is -1.96. The average Bonchev–Trinajstić information content (AvgIpc) is 2.17. The molecular formula is C7H5N3O4S. The molecular weight excluding hydrogens is 222 g/mol. The zero-order valence-corrected chi connectivity index (χ0v) is 8.06. The van der Waals surface area contributed by atoms with Crippen LogP contribution in [0.4, 0.5) is 11.4 Å². The van der Waals surface area contributed by atoms with Crippen molar-refractivity contribution in [2.45, 2.75) is 4.90 Å². The van der Waals surface area contributed by atoms with Crippen LogP contribution in [0.3, 0.4) is 0 Å². The fourth-order valence-corrected chi connectivity index (χ4v) is 2.16. The van der Waals surface area contributed by atoms with Crippen LogP contribution in [-0.4, -0.2) is 19.7 Å². The summed E-state index contributed by atoms with van der Waals surface area (Å²) in [6, 6.07) is 3.53. The van der Waals surface area contributed by atoms with Crippen LogP contribution in [0.2, 0.25) is 0 Å². The zero-order chi connectivity index (χ0) is 11.1. The minimum Gasteiger partial charge on any atom is -0.345 e. The van der Waals surface area contributed by atoms with E-state index in [0.29, 0.717) is 0 Å². The van der Waals surface area contributed by atoms with E-state index in [2.05, 4.69) is 9.71 Å². The SMILES string of the molecule is O=[N+]([O-])c1ccc2c(c1)S(=O)(=O)N=CN2. The number of nitrogens with one attached hydrogen (secondary N) is 1. The molecule has 8 heteroatoms. The number of benzene rings is 1. The first-order valence-corrected chi connectivity index (χ1v) is 5.28. The Balaban J connectivity index is 2.68. The number of nitro groups is 1. The second-order valence-electron chi connectivity index (χ2n) is 2.79. The van der Waals surface area contributed by atoms with Crippen LogP contribution in [0.1, 0.15) is 0 Å². The van der Waals surface area contributed by atoms with Gasteiger partial charge in [-0.15, -0.1) is 4.40 Å². The van der Waals surface area contributed by atoms with E-state index in [4.69, 9.17) is 0 Å². The Morgan fingerprint density at radius 1 is 1.40 bits per heavy atom. The van der Waals surface area contributed by atoms with Gasteiger partial charge in [0.25, 0.3) is 15.7 Å². The van der Waals surface area contributed by atoms with Crippen LogP contribution in [0, 0.1) is 10.1 Å². The van der Waals surface area contributed by atoms with E-state index in [1.54, 1.807) is 0 Å². The van der Waals surface area contributed by atoms with Crippen LogP contribution in [0.15, 0.2) is 27.5 Å². The predicted molar refractivity (Wildman–Crippen MR) is 52.4 cm³/mol. The van der Waals surface area contributed by atoms with Crippen molar-refractivity contribution in [1.29, 1.82) is 0 Å². The smallest absolute Gasteiger partial charge is 0.286 e. The summed E-state index contributed by atoms with van der Waals surface area (Å²) in [4.78, 5) is 9.61. The summed E-state index contributed by atoms with van der Waals surface area (Å²) < 4.78 is 26.0. The lowest BCUT2D eigenvalue weighted by molar-refractivity contribution is -0.385. The van der Waals surface area contributed by atoms with Crippen molar-refractivity contribution in [3.05, 3.63) is 28.3 Å². The first kappa shape index (κ1) is 9.59.